The van der Waals surface area contributed by atoms with E-state index in [1.807, 2.05) is 24.3 Å². The monoisotopic (exact) mass is 300 g/mol. The van der Waals surface area contributed by atoms with Crippen LogP contribution in [0.4, 0.5) is 0 Å². The first-order chi connectivity index (χ1) is 10.2. The molecule has 1 atom stereocenters. The molecular weight excluding hydrogens is 284 g/mol. The second-order valence-corrected chi connectivity index (χ2v) is 5.56. The third kappa shape index (κ3) is 3.47. The highest BCUT2D eigenvalue weighted by molar-refractivity contribution is 8.03. The molecule has 0 aliphatic carbocycles. The molecule has 5 heteroatoms. The van der Waals surface area contributed by atoms with Gasteiger partial charge in [0, 0.05) is 18.1 Å². The number of carbonyl (C=O) groups excluding carboxylic acids is 1. The lowest BCUT2D eigenvalue weighted by Crippen LogP contribution is -2.30. The lowest BCUT2D eigenvalue weighted by atomic mass is 9.87. The minimum atomic E-state index is -0.207. The topological polar surface area (TPSA) is 62.1 Å². The van der Waals surface area contributed by atoms with E-state index >= 15 is 0 Å². The first-order valence-electron chi connectivity index (χ1n) is 6.51. The van der Waals surface area contributed by atoms with Crippen LogP contribution < -0.4 is 10.1 Å². The highest BCUT2D eigenvalue weighted by Gasteiger charge is 2.29. The Kier molecular flexibility index (Phi) is 5.07. The van der Waals surface area contributed by atoms with Gasteiger partial charge in [-0.15, -0.1) is 18.3 Å². The van der Waals surface area contributed by atoms with Gasteiger partial charge in [-0.25, -0.2) is 0 Å². The van der Waals surface area contributed by atoms with E-state index in [0.717, 1.165) is 11.3 Å². The quantitative estimate of drug-likeness (QED) is 0.849. The maximum absolute atomic E-state index is 11.9. The maximum Gasteiger partial charge on any atom is 0.225 e. The summed E-state index contributed by atoms with van der Waals surface area (Å²) in [7, 11) is 1.60. The van der Waals surface area contributed by atoms with Crippen molar-refractivity contribution in [3.63, 3.8) is 0 Å². The van der Waals surface area contributed by atoms with Gasteiger partial charge in [-0.1, -0.05) is 18.2 Å². The largest absolute Gasteiger partial charge is 0.497 e. The number of allylic oxidation sites excluding steroid dienone is 1. The molecule has 1 heterocycles. The number of benzene rings is 1. The van der Waals surface area contributed by atoms with Crippen LogP contribution in [0, 0.1) is 11.3 Å². The summed E-state index contributed by atoms with van der Waals surface area (Å²) >= 11 is 1.42. The van der Waals surface area contributed by atoms with Crippen molar-refractivity contribution in [3.05, 3.63) is 53.1 Å². The second-order valence-electron chi connectivity index (χ2n) is 4.53. The molecule has 108 valence electrons. The normalized spacial score (nSPS) is 17.9. The fourth-order valence-corrected chi connectivity index (χ4v) is 3.01. The SMILES string of the molecule is C=CCSC1=C(C#N)[C@H](c2ccc(OC)cc2)CC(=O)N1. The highest BCUT2D eigenvalue weighted by atomic mass is 32.2. The molecule has 21 heavy (non-hydrogen) atoms. The van der Waals surface area contributed by atoms with Gasteiger partial charge in [-0.2, -0.15) is 5.26 Å². The molecule has 0 fully saturated rings. The average molecular weight is 300 g/mol. The molecular formula is C16H16N2O2S. The van der Waals surface area contributed by atoms with E-state index < -0.39 is 0 Å². The predicted octanol–water partition coefficient (Wildman–Crippen LogP) is 2.95. The molecule has 1 aromatic carbocycles. The zero-order valence-corrected chi connectivity index (χ0v) is 12.6. The molecule has 2 rings (SSSR count). The number of thioether (sulfide) groups is 1. The number of carbonyl (C=O) groups is 1. The zero-order chi connectivity index (χ0) is 15.2. The number of rotatable bonds is 5. The fourth-order valence-electron chi connectivity index (χ4n) is 2.20. The van der Waals surface area contributed by atoms with Crippen LogP contribution in [0.1, 0.15) is 17.9 Å². The lowest BCUT2D eigenvalue weighted by Gasteiger charge is -2.25. The number of hydrogen-bond donors (Lipinski definition) is 1. The Morgan fingerprint density at radius 2 is 2.24 bits per heavy atom. The van der Waals surface area contributed by atoms with Crippen LogP contribution in [0.3, 0.4) is 0 Å². The molecule has 0 unspecified atom stereocenters. The van der Waals surface area contributed by atoms with Gasteiger partial charge >= 0.3 is 0 Å². The Balaban J connectivity index is 2.36. The van der Waals surface area contributed by atoms with Crippen LogP contribution in [0.15, 0.2) is 47.5 Å². The fraction of sp³-hybridized carbons (Fsp3) is 0.250. The molecule has 1 aliphatic rings. The van der Waals surface area contributed by atoms with E-state index in [1.54, 1.807) is 13.2 Å². The molecule has 0 radical (unpaired) electrons. The van der Waals surface area contributed by atoms with Gasteiger partial charge in [0.15, 0.2) is 0 Å². The van der Waals surface area contributed by atoms with E-state index in [4.69, 9.17) is 4.74 Å². The second kappa shape index (κ2) is 7.00. The number of ether oxygens (including phenoxy) is 1. The Morgan fingerprint density at radius 3 is 2.81 bits per heavy atom. The third-order valence-corrected chi connectivity index (χ3v) is 4.23. The summed E-state index contributed by atoms with van der Waals surface area (Å²) in [6.45, 7) is 3.66. The Bertz CT molecular complexity index is 614. The molecule has 1 aliphatic heterocycles. The van der Waals surface area contributed by atoms with E-state index in [0.29, 0.717) is 16.4 Å². The average Bonchev–Trinajstić information content (AvgIpc) is 2.52. The maximum atomic E-state index is 11.9. The third-order valence-electron chi connectivity index (χ3n) is 3.22. The van der Waals surface area contributed by atoms with Crippen LogP contribution in [-0.4, -0.2) is 18.8 Å². The first-order valence-corrected chi connectivity index (χ1v) is 7.50. The van der Waals surface area contributed by atoms with Crippen LogP contribution in [0.25, 0.3) is 0 Å². The number of nitrogens with one attached hydrogen (secondary N) is 1. The van der Waals surface area contributed by atoms with E-state index in [9.17, 15) is 10.1 Å². The highest BCUT2D eigenvalue weighted by Crippen LogP contribution is 2.36. The van der Waals surface area contributed by atoms with Gasteiger partial charge < -0.3 is 10.1 Å². The van der Waals surface area contributed by atoms with E-state index in [2.05, 4.69) is 18.0 Å². The summed E-state index contributed by atoms with van der Waals surface area (Å²) in [5, 5.41) is 12.9. The van der Waals surface area contributed by atoms with E-state index in [1.165, 1.54) is 11.8 Å². The zero-order valence-electron chi connectivity index (χ0n) is 11.8. The molecule has 1 amide bonds. The summed E-state index contributed by atoms with van der Waals surface area (Å²) in [6.07, 6.45) is 2.03. The van der Waals surface area contributed by atoms with Crippen LogP contribution in [0.2, 0.25) is 0 Å². The van der Waals surface area contributed by atoms with Gasteiger partial charge in [-0.05, 0) is 17.7 Å². The van der Waals surface area contributed by atoms with Crippen molar-refractivity contribution in [1.82, 2.24) is 5.32 Å². The van der Waals surface area contributed by atoms with E-state index in [-0.39, 0.29) is 18.2 Å². The summed E-state index contributed by atoms with van der Waals surface area (Å²) in [5.41, 5.74) is 1.55. The number of amides is 1. The molecule has 0 spiro atoms. The molecule has 0 saturated heterocycles. The summed E-state index contributed by atoms with van der Waals surface area (Å²) in [5.74, 6) is 1.13. The van der Waals surface area contributed by atoms with Gasteiger partial charge in [-0.3, -0.25) is 4.79 Å². The summed E-state index contributed by atoms with van der Waals surface area (Å²) in [4.78, 5) is 11.9. The number of hydrogen-bond acceptors (Lipinski definition) is 4. The standard InChI is InChI=1S/C16H16N2O2S/c1-3-8-21-16-14(10-17)13(9-15(19)18-16)11-4-6-12(20-2)7-5-11/h3-7,13H,1,8-9H2,2H3,(H,18,19)/t13-/m0/s1. The van der Waals surface area contributed by atoms with Gasteiger partial charge in [0.2, 0.25) is 5.91 Å². The van der Waals surface area contributed by atoms with Crippen molar-refractivity contribution in [2.24, 2.45) is 0 Å². The molecule has 1 aromatic rings. The molecule has 4 nitrogen and oxygen atoms in total. The van der Waals surface area contributed by atoms with Crippen molar-refractivity contribution in [2.45, 2.75) is 12.3 Å². The van der Waals surface area contributed by atoms with Crippen molar-refractivity contribution in [3.8, 4) is 11.8 Å². The van der Waals surface area contributed by atoms with Gasteiger partial charge in [0.1, 0.15) is 5.75 Å². The van der Waals surface area contributed by atoms with Crippen molar-refractivity contribution in [1.29, 1.82) is 5.26 Å². The van der Waals surface area contributed by atoms with Crippen LogP contribution >= 0.6 is 11.8 Å². The van der Waals surface area contributed by atoms with Gasteiger partial charge in [0.25, 0.3) is 0 Å². The van der Waals surface area contributed by atoms with Gasteiger partial charge in [0.05, 0.1) is 23.8 Å². The molecule has 1 N–H and O–H groups in total. The number of nitriles is 1. The summed E-state index contributed by atoms with van der Waals surface area (Å²) in [6, 6.07) is 9.72. The van der Waals surface area contributed by atoms with Crippen molar-refractivity contribution < 1.29 is 9.53 Å². The van der Waals surface area contributed by atoms with Crippen LogP contribution in [0.5, 0.6) is 5.75 Å². The van der Waals surface area contributed by atoms with Crippen molar-refractivity contribution in [2.75, 3.05) is 12.9 Å². The molecule has 0 aromatic heterocycles. The molecule has 0 saturated carbocycles. The Morgan fingerprint density at radius 1 is 1.52 bits per heavy atom. The minimum Gasteiger partial charge on any atom is -0.497 e. The molecule has 0 bridgehead atoms. The lowest BCUT2D eigenvalue weighted by molar-refractivity contribution is -0.120. The number of methoxy groups -OCH3 is 1. The number of nitrogens with zero attached hydrogens (tertiary/aromatic N) is 1. The Labute approximate surface area is 128 Å². The van der Waals surface area contributed by atoms with Crippen LogP contribution in [-0.2, 0) is 4.79 Å². The smallest absolute Gasteiger partial charge is 0.225 e. The summed E-state index contributed by atoms with van der Waals surface area (Å²) < 4.78 is 5.13. The minimum absolute atomic E-state index is 0.0682. The first kappa shape index (κ1) is 15.2. The van der Waals surface area contributed by atoms with Crippen molar-refractivity contribution >= 4 is 17.7 Å². The Hall–Kier alpha value is -2.19. The predicted molar refractivity (Wildman–Crippen MR) is 83.8 cm³/mol.